The summed E-state index contributed by atoms with van der Waals surface area (Å²) in [4.78, 5) is 23.4. The van der Waals surface area contributed by atoms with Gasteiger partial charge in [-0.2, -0.15) is 0 Å². The second kappa shape index (κ2) is 6.23. The maximum absolute atomic E-state index is 12.1. The first kappa shape index (κ1) is 17.8. The van der Waals surface area contributed by atoms with E-state index in [2.05, 4.69) is 26.6 Å². The molecule has 1 aromatic rings. The SMILES string of the molecule is CC(C)(NC(=O)Nc1ccc(Cl)cc1Br)C(C)(C)C(=O)O. The number of carbonyl (C=O) groups is 2. The van der Waals surface area contributed by atoms with Crippen molar-refractivity contribution in [3.63, 3.8) is 0 Å². The van der Waals surface area contributed by atoms with Gasteiger partial charge in [0.05, 0.1) is 16.6 Å². The largest absolute Gasteiger partial charge is 0.481 e. The molecular formula is C14H18BrClN2O3. The Morgan fingerprint density at radius 2 is 1.81 bits per heavy atom. The zero-order chi connectivity index (χ0) is 16.4. The molecule has 0 heterocycles. The number of halogens is 2. The van der Waals surface area contributed by atoms with Crippen LogP contribution in [0.25, 0.3) is 0 Å². The molecule has 2 amide bonds. The Balaban J connectivity index is 2.84. The summed E-state index contributed by atoms with van der Waals surface area (Å²) in [6.07, 6.45) is 0. The quantitative estimate of drug-likeness (QED) is 0.738. The van der Waals surface area contributed by atoms with E-state index in [4.69, 9.17) is 11.6 Å². The summed E-state index contributed by atoms with van der Waals surface area (Å²) in [6.45, 7) is 6.46. The van der Waals surface area contributed by atoms with Crippen LogP contribution in [-0.2, 0) is 4.79 Å². The molecule has 0 fully saturated rings. The Morgan fingerprint density at radius 3 is 2.29 bits per heavy atom. The molecule has 0 atom stereocenters. The molecule has 3 N–H and O–H groups in total. The number of carboxylic acid groups (broad SMARTS) is 1. The van der Waals surface area contributed by atoms with E-state index in [0.717, 1.165) is 0 Å². The monoisotopic (exact) mass is 376 g/mol. The molecule has 0 saturated carbocycles. The number of aliphatic carboxylic acids is 1. The van der Waals surface area contributed by atoms with Crippen molar-refractivity contribution in [2.75, 3.05) is 5.32 Å². The van der Waals surface area contributed by atoms with Crippen molar-refractivity contribution in [2.24, 2.45) is 5.41 Å². The summed E-state index contributed by atoms with van der Waals surface area (Å²) in [7, 11) is 0. The number of carboxylic acids is 1. The van der Waals surface area contributed by atoms with E-state index in [1.807, 2.05) is 0 Å². The van der Waals surface area contributed by atoms with Gasteiger partial charge in [0.25, 0.3) is 0 Å². The summed E-state index contributed by atoms with van der Waals surface area (Å²) in [5, 5.41) is 15.1. The minimum Gasteiger partial charge on any atom is -0.481 e. The molecule has 7 heteroatoms. The van der Waals surface area contributed by atoms with Crippen molar-refractivity contribution < 1.29 is 14.7 Å². The van der Waals surface area contributed by atoms with Gasteiger partial charge in [-0.05, 0) is 61.8 Å². The van der Waals surface area contributed by atoms with E-state index >= 15 is 0 Å². The lowest BCUT2D eigenvalue weighted by atomic mass is 9.74. The van der Waals surface area contributed by atoms with Crippen LogP contribution in [0.4, 0.5) is 10.5 Å². The van der Waals surface area contributed by atoms with Gasteiger partial charge >= 0.3 is 12.0 Å². The average molecular weight is 378 g/mol. The minimum atomic E-state index is -1.12. The van der Waals surface area contributed by atoms with E-state index in [9.17, 15) is 14.7 Å². The van der Waals surface area contributed by atoms with Crippen LogP contribution < -0.4 is 10.6 Å². The number of urea groups is 1. The van der Waals surface area contributed by atoms with Gasteiger partial charge < -0.3 is 15.7 Å². The lowest BCUT2D eigenvalue weighted by molar-refractivity contribution is -0.150. The van der Waals surface area contributed by atoms with E-state index in [0.29, 0.717) is 15.2 Å². The van der Waals surface area contributed by atoms with Crippen LogP contribution >= 0.6 is 27.5 Å². The van der Waals surface area contributed by atoms with Crippen molar-refractivity contribution in [3.8, 4) is 0 Å². The van der Waals surface area contributed by atoms with Crippen molar-refractivity contribution >= 4 is 45.2 Å². The number of benzene rings is 1. The Labute approximate surface area is 137 Å². The van der Waals surface area contributed by atoms with Gasteiger partial charge in [0, 0.05) is 9.50 Å². The van der Waals surface area contributed by atoms with Gasteiger partial charge in [-0.3, -0.25) is 4.79 Å². The third kappa shape index (κ3) is 4.11. The number of anilines is 1. The summed E-state index contributed by atoms with van der Waals surface area (Å²) in [6, 6.07) is 4.47. The third-order valence-corrected chi connectivity index (χ3v) is 4.59. The molecule has 0 bridgehead atoms. The molecule has 1 aromatic carbocycles. The van der Waals surface area contributed by atoms with Crippen molar-refractivity contribution in [1.29, 1.82) is 0 Å². The number of rotatable bonds is 4. The highest BCUT2D eigenvalue weighted by atomic mass is 79.9. The van der Waals surface area contributed by atoms with Crippen molar-refractivity contribution in [3.05, 3.63) is 27.7 Å². The molecular weight excluding hydrogens is 360 g/mol. The maximum atomic E-state index is 12.1. The van der Waals surface area contributed by atoms with Gasteiger partial charge in [0.2, 0.25) is 0 Å². The molecule has 1 rings (SSSR count). The van der Waals surface area contributed by atoms with Crippen LogP contribution in [0.3, 0.4) is 0 Å². The Hall–Kier alpha value is -1.27. The van der Waals surface area contributed by atoms with Crippen LogP contribution in [0.15, 0.2) is 22.7 Å². The molecule has 0 aliphatic rings. The molecule has 21 heavy (non-hydrogen) atoms. The number of nitrogens with one attached hydrogen (secondary N) is 2. The average Bonchev–Trinajstić information content (AvgIpc) is 2.31. The fourth-order valence-electron chi connectivity index (χ4n) is 1.45. The Morgan fingerprint density at radius 1 is 1.24 bits per heavy atom. The minimum absolute atomic E-state index is 0.489. The van der Waals surface area contributed by atoms with Crippen LogP contribution in [0.2, 0.25) is 5.02 Å². The van der Waals surface area contributed by atoms with Crippen LogP contribution in [0.1, 0.15) is 27.7 Å². The smallest absolute Gasteiger partial charge is 0.319 e. The van der Waals surface area contributed by atoms with E-state index < -0.39 is 23.0 Å². The first-order chi connectivity index (χ1) is 9.47. The standard InChI is InChI=1S/C14H18BrClN2O3/c1-13(2,11(19)20)14(3,4)18-12(21)17-10-6-5-8(16)7-9(10)15/h5-7H,1-4H3,(H,19,20)(H2,17,18,21). The van der Waals surface area contributed by atoms with Crippen LogP contribution in [-0.4, -0.2) is 22.6 Å². The topological polar surface area (TPSA) is 78.4 Å². The van der Waals surface area contributed by atoms with E-state index in [1.54, 1.807) is 45.9 Å². The molecule has 0 radical (unpaired) electrons. The molecule has 5 nitrogen and oxygen atoms in total. The third-order valence-electron chi connectivity index (χ3n) is 3.70. The fourth-order valence-corrected chi connectivity index (χ4v) is 2.23. The van der Waals surface area contributed by atoms with Gasteiger partial charge in [-0.25, -0.2) is 4.79 Å². The molecule has 0 aromatic heterocycles. The van der Waals surface area contributed by atoms with Gasteiger partial charge in [0.15, 0.2) is 0 Å². The molecule has 0 spiro atoms. The predicted octanol–water partition coefficient (Wildman–Crippen LogP) is 4.11. The lowest BCUT2D eigenvalue weighted by Crippen LogP contribution is -2.57. The highest BCUT2D eigenvalue weighted by Crippen LogP contribution is 2.31. The van der Waals surface area contributed by atoms with Gasteiger partial charge in [0.1, 0.15) is 0 Å². The first-order valence-electron chi connectivity index (χ1n) is 6.25. The number of hydrogen-bond donors (Lipinski definition) is 3. The van der Waals surface area contributed by atoms with E-state index in [1.165, 1.54) is 0 Å². The highest BCUT2D eigenvalue weighted by molar-refractivity contribution is 9.10. The zero-order valence-corrected chi connectivity index (χ0v) is 14.6. The summed E-state index contributed by atoms with van der Waals surface area (Å²) < 4.78 is 0.639. The Kier molecular flexibility index (Phi) is 5.28. The second-order valence-electron chi connectivity index (χ2n) is 5.76. The Bertz CT molecular complexity index is 573. The second-order valence-corrected chi connectivity index (χ2v) is 7.05. The van der Waals surface area contributed by atoms with Gasteiger partial charge in [-0.1, -0.05) is 11.6 Å². The summed E-state index contributed by atoms with van der Waals surface area (Å²) in [5.74, 6) is -0.986. The van der Waals surface area contributed by atoms with Crippen LogP contribution in [0.5, 0.6) is 0 Å². The molecule has 0 unspecified atom stereocenters. The number of hydrogen-bond acceptors (Lipinski definition) is 2. The molecule has 0 aliphatic heterocycles. The van der Waals surface area contributed by atoms with Gasteiger partial charge in [-0.15, -0.1) is 0 Å². The van der Waals surface area contributed by atoms with Crippen molar-refractivity contribution in [1.82, 2.24) is 5.32 Å². The maximum Gasteiger partial charge on any atom is 0.319 e. The lowest BCUT2D eigenvalue weighted by Gasteiger charge is -2.38. The first-order valence-corrected chi connectivity index (χ1v) is 7.42. The summed E-state index contributed by atoms with van der Waals surface area (Å²) >= 11 is 9.13. The summed E-state index contributed by atoms with van der Waals surface area (Å²) in [5.41, 5.74) is -1.52. The molecule has 0 saturated heterocycles. The van der Waals surface area contributed by atoms with E-state index in [-0.39, 0.29) is 0 Å². The highest BCUT2D eigenvalue weighted by Gasteiger charge is 2.44. The molecule has 0 aliphatic carbocycles. The predicted molar refractivity (Wildman–Crippen MR) is 86.8 cm³/mol. The number of amides is 2. The normalized spacial score (nSPS) is 11.9. The fraction of sp³-hybridized carbons (Fsp3) is 0.429. The zero-order valence-electron chi connectivity index (χ0n) is 12.3. The van der Waals surface area contributed by atoms with Crippen molar-refractivity contribution in [2.45, 2.75) is 33.2 Å². The number of carbonyl (C=O) groups excluding carboxylic acids is 1. The molecule has 116 valence electrons. The van der Waals surface area contributed by atoms with Crippen LogP contribution in [0, 0.1) is 5.41 Å².